The molecule has 2 rings (SSSR count). The van der Waals surface area contributed by atoms with Crippen LogP contribution < -0.4 is 5.73 Å². The SMILES string of the molecule is CC1CN(CCC(C)c2ccc(N)cc2)CC(C)S1. The smallest absolute Gasteiger partial charge is 0.0314 e. The molecule has 3 atom stereocenters. The number of hydrogen-bond acceptors (Lipinski definition) is 3. The second-order valence-corrected chi connectivity index (χ2v) is 7.75. The molecule has 0 radical (unpaired) electrons. The van der Waals surface area contributed by atoms with Gasteiger partial charge < -0.3 is 10.6 Å². The van der Waals surface area contributed by atoms with Crippen molar-refractivity contribution in [1.29, 1.82) is 0 Å². The molecule has 19 heavy (non-hydrogen) atoms. The van der Waals surface area contributed by atoms with E-state index in [1.165, 1.54) is 31.6 Å². The average Bonchev–Trinajstić information content (AvgIpc) is 2.36. The number of rotatable bonds is 4. The number of thioether (sulfide) groups is 1. The van der Waals surface area contributed by atoms with Gasteiger partial charge in [0.15, 0.2) is 0 Å². The fourth-order valence-electron chi connectivity index (χ4n) is 2.83. The van der Waals surface area contributed by atoms with Crippen LogP contribution in [0.5, 0.6) is 0 Å². The molecule has 1 heterocycles. The number of nitrogens with zero attached hydrogens (tertiary/aromatic N) is 1. The Balaban J connectivity index is 1.83. The minimum Gasteiger partial charge on any atom is -0.399 e. The van der Waals surface area contributed by atoms with Crippen LogP contribution in [0.15, 0.2) is 24.3 Å². The lowest BCUT2D eigenvalue weighted by molar-refractivity contribution is 0.262. The molecule has 1 aliphatic rings. The summed E-state index contributed by atoms with van der Waals surface area (Å²) in [7, 11) is 0. The minimum absolute atomic E-state index is 0.612. The quantitative estimate of drug-likeness (QED) is 0.854. The van der Waals surface area contributed by atoms with Crippen molar-refractivity contribution in [2.75, 3.05) is 25.4 Å². The van der Waals surface area contributed by atoms with Gasteiger partial charge in [-0.2, -0.15) is 11.8 Å². The molecule has 0 aliphatic carbocycles. The van der Waals surface area contributed by atoms with Crippen molar-refractivity contribution in [2.24, 2.45) is 0 Å². The first-order valence-corrected chi connectivity index (χ1v) is 8.22. The van der Waals surface area contributed by atoms with Crippen LogP contribution in [0.25, 0.3) is 0 Å². The Morgan fingerprint density at radius 3 is 2.37 bits per heavy atom. The van der Waals surface area contributed by atoms with E-state index in [1.807, 2.05) is 12.1 Å². The Morgan fingerprint density at radius 2 is 1.79 bits per heavy atom. The molecule has 0 aromatic heterocycles. The van der Waals surface area contributed by atoms with Crippen molar-refractivity contribution in [3.8, 4) is 0 Å². The molecule has 3 heteroatoms. The molecule has 3 unspecified atom stereocenters. The highest BCUT2D eigenvalue weighted by atomic mass is 32.2. The molecule has 1 aromatic carbocycles. The molecule has 1 aliphatic heterocycles. The third-order valence-electron chi connectivity index (χ3n) is 3.88. The van der Waals surface area contributed by atoms with Crippen LogP contribution in [0, 0.1) is 0 Å². The van der Waals surface area contributed by atoms with Crippen LogP contribution in [-0.2, 0) is 0 Å². The Hall–Kier alpha value is -0.670. The monoisotopic (exact) mass is 278 g/mol. The summed E-state index contributed by atoms with van der Waals surface area (Å²) in [6.45, 7) is 10.7. The zero-order valence-corrected chi connectivity index (χ0v) is 13.1. The summed E-state index contributed by atoms with van der Waals surface area (Å²) >= 11 is 2.12. The summed E-state index contributed by atoms with van der Waals surface area (Å²) in [5.74, 6) is 0.612. The van der Waals surface area contributed by atoms with Gasteiger partial charge in [0.2, 0.25) is 0 Å². The molecule has 0 saturated carbocycles. The molecule has 2 N–H and O–H groups in total. The first kappa shape index (κ1) is 14.7. The first-order chi connectivity index (χ1) is 9.04. The van der Waals surface area contributed by atoms with E-state index in [4.69, 9.17) is 5.73 Å². The van der Waals surface area contributed by atoms with Crippen molar-refractivity contribution in [2.45, 2.75) is 43.6 Å². The lowest BCUT2D eigenvalue weighted by Gasteiger charge is -2.35. The standard InChI is InChI=1S/C16H26N2S/c1-12(15-4-6-16(17)7-5-15)8-9-18-10-13(2)19-14(3)11-18/h4-7,12-14H,8-11,17H2,1-3H3. The molecule has 0 spiro atoms. The number of anilines is 1. The Labute approximate surface area is 121 Å². The largest absolute Gasteiger partial charge is 0.399 e. The molecule has 1 aromatic rings. The summed E-state index contributed by atoms with van der Waals surface area (Å²) in [5.41, 5.74) is 8.00. The topological polar surface area (TPSA) is 29.3 Å². The molecule has 1 saturated heterocycles. The van der Waals surface area contributed by atoms with E-state index >= 15 is 0 Å². The van der Waals surface area contributed by atoms with E-state index in [0.717, 1.165) is 16.2 Å². The summed E-state index contributed by atoms with van der Waals surface area (Å²) in [4.78, 5) is 2.62. The molecule has 106 valence electrons. The predicted octanol–water partition coefficient (Wildman–Crippen LogP) is 3.59. The van der Waals surface area contributed by atoms with Crippen LogP contribution in [0.1, 0.15) is 38.7 Å². The van der Waals surface area contributed by atoms with Gasteiger partial charge in [0.1, 0.15) is 0 Å². The summed E-state index contributed by atoms with van der Waals surface area (Å²) < 4.78 is 0. The van der Waals surface area contributed by atoms with Crippen LogP contribution >= 0.6 is 11.8 Å². The van der Waals surface area contributed by atoms with E-state index in [0.29, 0.717) is 5.92 Å². The fraction of sp³-hybridized carbons (Fsp3) is 0.625. The maximum atomic E-state index is 5.74. The maximum Gasteiger partial charge on any atom is 0.0314 e. The molecule has 0 amide bonds. The van der Waals surface area contributed by atoms with E-state index in [-0.39, 0.29) is 0 Å². The summed E-state index contributed by atoms with van der Waals surface area (Å²) in [6.07, 6.45) is 1.23. The number of hydrogen-bond donors (Lipinski definition) is 1. The van der Waals surface area contributed by atoms with Crippen LogP contribution in [0.3, 0.4) is 0 Å². The van der Waals surface area contributed by atoms with Crippen LogP contribution in [0.4, 0.5) is 5.69 Å². The highest BCUT2D eigenvalue weighted by molar-refractivity contribution is 8.00. The Morgan fingerprint density at radius 1 is 1.21 bits per heavy atom. The second-order valence-electron chi connectivity index (χ2n) is 5.87. The van der Waals surface area contributed by atoms with Crippen LogP contribution in [0.2, 0.25) is 0 Å². The average molecular weight is 278 g/mol. The minimum atomic E-state index is 0.612. The van der Waals surface area contributed by atoms with Crippen molar-refractivity contribution >= 4 is 17.4 Å². The Bertz CT molecular complexity index is 380. The summed E-state index contributed by atoms with van der Waals surface area (Å²) in [5, 5.41) is 1.55. The molecule has 1 fully saturated rings. The fourth-order valence-corrected chi connectivity index (χ4v) is 4.22. The van der Waals surface area contributed by atoms with Gasteiger partial charge in [0, 0.05) is 29.3 Å². The van der Waals surface area contributed by atoms with Gasteiger partial charge >= 0.3 is 0 Å². The third kappa shape index (κ3) is 4.43. The maximum absolute atomic E-state index is 5.74. The van der Waals surface area contributed by atoms with Crippen molar-refractivity contribution in [3.05, 3.63) is 29.8 Å². The molecule has 2 nitrogen and oxygen atoms in total. The highest BCUT2D eigenvalue weighted by Gasteiger charge is 2.22. The Kier molecular flexibility index (Phi) is 5.17. The lowest BCUT2D eigenvalue weighted by atomic mass is 9.97. The molecule has 0 bridgehead atoms. The predicted molar refractivity (Wildman–Crippen MR) is 86.8 cm³/mol. The van der Waals surface area contributed by atoms with Gasteiger partial charge in [0.05, 0.1) is 0 Å². The third-order valence-corrected chi connectivity index (χ3v) is 5.11. The zero-order valence-electron chi connectivity index (χ0n) is 12.3. The van der Waals surface area contributed by atoms with Gasteiger partial charge in [-0.15, -0.1) is 0 Å². The zero-order chi connectivity index (χ0) is 13.8. The van der Waals surface area contributed by atoms with Gasteiger partial charge in [-0.3, -0.25) is 0 Å². The van der Waals surface area contributed by atoms with Crippen LogP contribution in [-0.4, -0.2) is 35.0 Å². The van der Waals surface area contributed by atoms with Gasteiger partial charge in [-0.1, -0.05) is 32.9 Å². The van der Waals surface area contributed by atoms with E-state index in [1.54, 1.807) is 0 Å². The molecular formula is C16H26N2S. The number of nitrogen functional groups attached to an aromatic ring is 1. The summed E-state index contributed by atoms with van der Waals surface area (Å²) in [6, 6.07) is 8.34. The van der Waals surface area contributed by atoms with Crippen molar-refractivity contribution in [3.63, 3.8) is 0 Å². The van der Waals surface area contributed by atoms with Gasteiger partial charge in [-0.25, -0.2) is 0 Å². The highest BCUT2D eigenvalue weighted by Crippen LogP contribution is 2.26. The van der Waals surface area contributed by atoms with Gasteiger partial charge in [0.25, 0.3) is 0 Å². The van der Waals surface area contributed by atoms with Crippen molar-refractivity contribution < 1.29 is 0 Å². The lowest BCUT2D eigenvalue weighted by Crippen LogP contribution is -2.41. The molecular weight excluding hydrogens is 252 g/mol. The van der Waals surface area contributed by atoms with Crippen molar-refractivity contribution in [1.82, 2.24) is 4.90 Å². The normalized spacial score (nSPS) is 26.3. The second kappa shape index (κ2) is 6.67. The number of nitrogens with two attached hydrogens (primary N) is 1. The van der Waals surface area contributed by atoms with Gasteiger partial charge in [-0.05, 0) is 36.6 Å². The van der Waals surface area contributed by atoms with E-state index in [2.05, 4.69) is 49.6 Å². The number of benzene rings is 1. The van der Waals surface area contributed by atoms with E-state index in [9.17, 15) is 0 Å². The van der Waals surface area contributed by atoms with E-state index < -0.39 is 0 Å². The first-order valence-electron chi connectivity index (χ1n) is 7.28.